The second-order valence-corrected chi connectivity index (χ2v) is 7.95. The van der Waals surface area contributed by atoms with Crippen molar-refractivity contribution in [2.75, 3.05) is 30.8 Å². The Bertz CT molecular complexity index is 890. The second-order valence-electron chi connectivity index (χ2n) is 5.93. The van der Waals surface area contributed by atoms with Crippen LogP contribution in [0.5, 0.6) is 0 Å². The normalized spacial score (nSPS) is 13.7. The lowest BCUT2D eigenvalue weighted by atomic mass is 10.0. The molecule has 0 saturated carbocycles. The lowest BCUT2D eigenvalue weighted by Crippen LogP contribution is -2.30. The van der Waals surface area contributed by atoms with E-state index in [1.807, 2.05) is 0 Å². The van der Waals surface area contributed by atoms with Gasteiger partial charge in [-0.3, -0.25) is 15.0 Å². The maximum atomic E-state index is 12.4. The van der Waals surface area contributed by atoms with Crippen LogP contribution < -0.4 is 16.4 Å². The fourth-order valence-electron chi connectivity index (χ4n) is 2.99. The standard InChI is InChI=1S/C17H20N4O4S2/c1-3-21-6-4-9-11(8-21)27-15(12(9)14(18)22)20-17(24)19-10-5-7-26-13(10)16(23)25-2/h5,7H,3-4,6,8H2,1-2H3,(H2,18,22)(H2,19,20,24). The summed E-state index contributed by atoms with van der Waals surface area (Å²) in [5.74, 6) is -1.08. The molecule has 144 valence electrons. The van der Waals surface area contributed by atoms with Crippen LogP contribution in [0.25, 0.3) is 0 Å². The molecule has 3 rings (SSSR count). The largest absolute Gasteiger partial charge is 0.465 e. The van der Waals surface area contributed by atoms with Gasteiger partial charge in [-0.2, -0.15) is 0 Å². The maximum Gasteiger partial charge on any atom is 0.350 e. The molecule has 3 amide bonds. The molecule has 0 bridgehead atoms. The zero-order chi connectivity index (χ0) is 19.6. The van der Waals surface area contributed by atoms with Gasteiger partial charge in [0, 0.05) is 18.0 Å². The number of rotatable bonds is 5. The van der Waals surface area contributed by atoms with Gasteiger partial charge in [-0.1, -0.05) is 6.92 Å². The Balaban J connectivity index is 1.80. The predicted octanol–water partition coefficient (Wildman–Crippen LogP) is 2.72. The molecule has 0 aliphatic carbocycles. The lowest BCUT2D eigenvalue weighted by molar-refractivity contribution is 0.0607. The molecule has 0 fully saturated rings. The minimum atomic E-state index is -0.557. The topological polar surface area (TPSA) is 114 Å². The number of nitrogens with one attached hydrogen (secondary N) is 2. The number of hydrogen-bond acceptors (Lipinski definition) is 7. The van der Waals surface area contributed by atoms with E-state index in [0.29, 0.717) is 21.1 Å². The van der Waals surface area contributed by atoms with E-state index in [2.05, 4.69) is 22.5 Å². The van der Waals surface area contributed by atoms with Gasteiger partial charge in [-0.05, 0) is 30.0 Å². The third kappa shape index (κ3) is 3.97. The molecule has 4 N–H and O–H groups in total. The molecule has 0 unspecified atom stereocenters. The molecular formula is C17H20N4O4S2. The van der Waals surface area contributed by atoms with Crippen molar-refractivity contribution in [2.24, 2.45) is 5.73 Å². The molecule has 0 spiro atoms. The summed E-state index contributed by atoms with van der Waals surface area (Å²) < 4.78 is 4.70. The SMILES string of the molecule is CCN1CCc2c(sc(NC(=O)Nc3ccsc3C(=O)OC)c2C(N)=O)C1. The fourth-order valence-corrected chi connectivity index (χ4v) is 5.05. The molecule has 2 aromatic heterocycles. The monoisotopic (exact) mass is 408 g/mol. The highest BCUT2D eigenvalue weighted by Crippen LogP contribution is 2.37. The highest BCUT2D eigenvalue weighted by molar-refractivity contribution is 7.17. The van der Waals surface area contributed by atoms with Crippen LogP contribution in [0.3, 0.4) is 0 Å². The number of likely N-dealkylation sites (N-methyl/N-ethyl adjacent to an activating group) is 1. The van der Waals surface area contributed by atoms with Crippen molar-refractivity contribution in [3.8, 4) is 0 Å². The lowest BCUT2D eigenvalue weighted by Gasteiger charge is -2.25. The molecular weight excluding hydrogens is 388 g/mol. The number of thiophene rings is 2. The summed E-state index contributed by atoms with van der Waals surface area (Å²) in [6.45, 7) is 4.58. The number of primary amides is 1. The average molecular weight is 409 g/mol. The number of nitrogens with zero attached hydrogens (tertiary/aromatic N) is 1. The average Bonchev–Trinajstić information content (AvgIpc) is 3.23. The van der Waals surface area contributed by atoms with E-state index in [4.69, 9.17) is 10.5 Å². The van der Waals surface area contributed by atoms with E-state index >= 15 is 0 Å². The summed E-state index contributed by atoms with van der Waals surface area (Å²) in [5, 5.41) is 7.44. The fraction of sp³-hybridized carbons (Fsp3) is 0.353. The summed E-state index contributed by atoms with van der Waals surface area (Å²) in [4.78, 5) is 39.7. The second kappa shape index (κ2) is 8.07. The number of fused-ring (bicyclic) bond motifs is 1. The van der Waals surface area contributed by atoms with Crippen molar-refractivity contribution in [2.45, 2.75) is 19.9 Å². The van der Waals surface area contributed by atoms with Gasteiger partial charge in [-0.15, -0.1) is 22.7 Å². The Morgan fingerprint density at radius 1 is 1.33 bits per heavy atom. The minimum absolute atomic E-state index is 0.298. The molecule has 10 heteroatoms. The van der Waals surface area contributed by atoms with E-state index in [9.17, 15) is 14.4 Å². The quantitative estimate of drug-likeness (QED) is 0.658. The predicted molar refractivity (Wildman–Crippen MR) is 106 cm³/mol. The summed E-state index contributed by atoms with van der Waals surface area (Å²) in [5.41, 5.74) is 7.21. The molecule has 3 heterocycles. The van der Waals surface area contributed by atoms with Gasteiger partial charge >= 0.3 is 12.0 Å². The number of anilines is 2. The van der Waals surface area contributed by atoms with Gasteiger partial charge in [0.25, 0.3) is 5.91 Å². The number of carbonyl (C=O) groups excluding carboxylic acids is 3. The molecule has 1 aliphatic heterocycles. The molecule has 0 atom stereocenters. The summed E-state index contributed by atoms with van der Waals surface area (Å²) in [7, 11) is 1.28. The number of methoxy groups -OCH3 is 1. The van der Waals surface area contributed by atoms with Gasteiger partial charge in [0.15, 0.2) is 0 Å². The first-order valence-electron chi connectivity index (χ1n) is 8.35. The van der Waals surface area contributed by atoms with Crippen LogP contribution in [0.4, 0.5) is 15.5 Å². The van der Waals surface area contributed by atoms with Gasteiger partial charge < -0.3 is 15.8 Å². The molecule has 0 aromatic carbocycles. The van der Waals surface area contributed by atoms with Crippen molar-refractivity contribution >= 4 is 51.3 Å². The smallest absolute Gasteiger partial charge is 0.350 e. The molecule has 2 aromatic rings. The van der Waals surface area contributed by atoms with Crippen molar-refractivity contribution in [3.63, 3.8) is 0 Å². The van der Waals surface area contributed by atoms with Crippen molar-refractivity contribution < 1.29 is 19.1 Å². The van der Waals surface area contributed by atoms with Gasteiger partial charge in [0.1, 0.15) is 9.88 Å². The third-order valence-electron chi connectivity index (χ3n) is 4.34. The van der Waals surface area contributed by atoms with Crippen molar-refractivity contribution in [1.29, 1.82) is 0 Å². The number of esters is 1. The Kier molecular flexibility index (Phi) is 5.78. The zero-order valence-electron chi connectivity index (χ0n) is 15.0. The van der Waals surface area contributed by atoms with Crippen LogP contribution in [-0.4, -0.2) is 43.0 Å². The maximum absolute atomic E-state index is 12.4. The Morgan fingerprint density at radius 3 is 2.78 bits per heavy atom. The van der Waals surface area contributed by atoms with Crippen molar-refractivity contribution in [3.05, 3.63) is 32.3 Å². The first-order chi connectivity index (χ1) is 12.9. The molecule has 0 saturated heterocycles. The van der Waals surface area contributed by atoms with Crippen LogP contribution in [0.1, 0.15) is 37.4 Å². The van der Waals surface area contributed by atoms with E-state index in [1.54, 1.807) is 11.4 Å². The van der Waals surface area contributed by atoms with Crippen molar-refractivity contribution in [1.82, 2.24) is 4.90 Å². The number of amides is 3. The molecule has 0 radical (unpaired) electrons. The zero-order valence-corrected chi connectivity index (χ0v) is 16.6. The Labute approximate surface area is 164 Å². The number of hydrogen-bond donors (Lipinski definition) is 3. The summed E-state index contributed by atoms with van der Waals surface area (Å²) in [6.07, 6.45) is 0.721. The van der Waals surface area contributed by atoms with Gasteiger partial charge in [0.05, 0.1) is 18.4 Å². The molecule has 1 aliphatic rings. The summed E-state index contributed by atoms with van der Waals surface area (Å²) >= 11 is 2.53. The van der Waals surface area contributed by atoms with Crippen LogP contribution in [0.15, 0.2) is 11.4 Å². The highest BCUT2D eigenvalue weighted by atomic mass is 32.1. The van der Waals surface area contributed by atoms with Crippen LogP contribution in [0, 0.1) is 0 Å². The number of carbonyl (C=O) groups is 3. The van der Waals surface area contributed by atoms with E-state index in [-0.39, 0.29) is 0 Å². The Hall–Kier alpha value is -2.43. The van der Waals surface area contributed by atoms with Crippen LogP contribution >= 0.6 is 22.7 Å². The highest BCUT2D eigenvalue weighted by Gasteiger charge is 2.27. The Morgan fingerprint density at radius 2 is 2.11 bits per heavy atom. The van der Waals surface area contributed by atoms with Gasteiger partial charge in [0.2, 0.25) is 0 Å². The number of nitrogens with two attached hydrogens (primary N) is 1. The first kappa shape index (κ1) is 19.3. The third-order valence-corrected chi connectivity index (χ3v) is 6.37. The molecule has 8 nitrogen and oxygen atoms in total. The van der Waals surface area contributed by atoms with Crippen LogP contribution in [-0.2, 0) is 17.7 Å². The number of ether oxygens (including phenoxy) is 1. The summed E-state index contributed by atoms with van der Waals surface area (Å²) in [6, 6.07) is 1.07. The molecule has 27 heavy (non-hydrogen) atoms. The van der Waals surface area contributed by atoms with E-state index in [1.165, 1.54) is 29.8 Å². The first-order valence-corrected chi connectivity index (χ1v) is 10.0. The van der Waals surface area contributed by atoms with E-state index < -0.39 is 17.9 Å². The van der Waals surface area contributed by atoms with E-state index in [0.717, 1.165) is 36.5 Å². The minimum Gasteiger partial charge on any atom is -0.465 e. The van der Waals surface area contributed by atoms with Gasteiger partial charge in [-0.25, -0.2) is 9.59 Å². The number of urea groups is 1. The van der Waals surface area contributed by atoms with Crippen LogP contribution in [0.2, 0.25) is 0 Å².